The van der Waals surface area contributed by atoms with E-state index in [9.17, 15) is 9.59 Å². The molecule has 1 rings (SSSR count). The Balaban J connectivity index is 2.11. The smallest absolute Gasteiger partial charge is 0.220 e. The third kappa shape index (κ3) is 6.78. The van der Waals surface area contributed by atoms with Crippen LogP contribution in [-0.2, 0) is 9.59 Å². The number of ketones is 1. The van der Waals surface area contributed by atoms with Gasteiger partial charge in [-0.15, -0.1) is 0 Å². The molecule has 0 heterocycles. The van der Waals surface area contributed by atoms with Crippen LogP contribution in [0.15, 0.2) is 24.3 Å². The Morgan fingerprint density at radius 2 is 1.75 bits per heavy atom. The van der Waals surface area contributed by atoms with Crippen molar-refractivity contribution in [3.8, 4) is 11.5 Å². The molecule has 1 aromatic rings. The first-order valence-corrected chi connectivity index (χ1v) is 6.65. The summed E-state index contributed by atoms with van der Waals surface area (Å²) < 4.78 is 10.6. The molecule has 5 nitrogen and oxygen atoms in total. The Labute approximate surface area is 119 Å². The van der Waals surface area contributed by atoms with Gasteiger partial charge < -0.3 is 14.8 Å². The Kier molecular flexibility index (Phi) is 7.17. The summed E-state index contributed by atoms with van der Waals surface area (Å²) in [5.41, 5.74) is 0. The van der Waals surface area contributed by atoms with E-state index in [4.69, 9.17) is 9.47 Å². The molecule has 0 spiro atoms. The van der Waals surface area contributed by atoms with Gasteiger partial charge in [0.2, 0.25) is 5.91 Å². The summed E-state index contributed by atoms with van der Waals surface area (Å²) in [6, 6.07) is 7.30. The highest BCUT2D eigenvalue weighted by Gasteiger charge is 2.02. The van der Waals surface area contributed by atoms with Crippen molar-refractivity contribution in [2.45, 2.75) is 26.2 Å². The van der Waals surface area contributed by atoms with Gasteiger partial charge in [0, 0.05) is 19.4 Å². The summed E-state index contributed by atoms with van der Waals surface area (Å²) in [6.45, 7) is 2.40. The summed E-state index contributed by atoms with van der Waals surface area (Å²) in [5.74, 6) is 1.56. The standard InChI is InChI=1S/C15H21NO4/c1-12(17)9-10-16-15(18)4-3-11-20-14-7-5-13(19-2)6-8-14/h5-8H,3-4,9-11H2,1-2H3,(H,16,18). The Hall–Kier alpha value is -2.04. The van der Waals surface area contributed by atoms with Crippen molar-refractivity contribution in [1.29, 1.82) is 0 Å². The molecule has 1 amide bonds. The summed E-state index contributed by atoms with van der Waals surface area (Å²) in [4.78, 5) is 22.1. The molecule has 20 heavy (non-hydrogen) atoms. The van der Waals surface area contributed by atoms with Gasteiger partial charge in [0.1, 0.15) is 17.3 Å². The fourth-order valence-electron chi connectivity index (χ4n) is 1.56. The second kappa shape index (κ2) is 8.96. The van der Waals surface area contributed by atoms with Gasteiger partial charge in [-0.3, -0.25) is 9.59 Å². The van der Waals surface area contributed by atoms with E-state index in [1.54, 1.807) is 7.11 Å². The number of carbonyl (C=O) groups is 2. The van der Waals surface area contributed by atoms with Crippen molar-refractivity contribution in [1.82, 2.24) is 5.32 Å². The Bertz CT molecular complexity index is 428. The SMILES string of the molecule is COc1ccc(OCCCC(=O)NCCC(C)=O)cc1. The van der Waals surface area contributed by atoms with Crippen molar-refractivity contribution >= 4 is 11.7 Å². The molecule has 0 bridgehead atoms. The maximum Gasteiger partial charge on any atom is 0.220 e. The zero-order chi connectivity index (χ0) is 14.8. The lowest BCUT2D eigenvalue weighted by molar-refractivity contribution is -0.121. The van der Waals surface area contributed by atoms with Gasteiger partial charge in [-0.2, -0.15) is 0 Å². The average molecular weight is 279 g/mol. The van der Waals surface area contributed by atoms with Gasteiger partial charge in [-0.1, -0.05) is 0 Å². The molecule has 0 aliphatic carbocycles. The molecular formula is C15H21NO4. The molecule has 0 aliphatic heterocycles. The Morgan fingerprint density at radius 3 is 2.35 bits per heavy atom. The van der Waals surface area contributed by atoms with Crippen LogP contribution in [0.3, 0.4) is 0 Å². The third-order valence-corrected chi connectivity index (χ3v) is 2.68. The molecule has 0 aromatic heterocycles. The molecule has 110 valence electrons. The molecular weight excluding hydrogens is 258 g/mol. The summed E-state index contributed by atoms with van der Waals surface area (Å²) in [6.07, 6.45) is 1.42. The highest BCUT2D eigenvalue weighted by molar-refractivity contribution is 5.78. The fraction of sp³-hybridized carbons (Fsp3) is 0.467. The van der Waals surface area contributed by atoms with Gasteiger partial charge in [0.25, 0.3) is 0 Å². The number of ether oxygens (including phenoxy) is 2. The normalized spacial score (nSPS) is 9.90. The quantitative estimate of drug-likeness (QED) is 0.702. The van der Waals surface area contributed by atoms with E-state index in [-0.39, 0.29) is 11.7 Å². The van der Waals surface area contributed by atoms with E-state index in [0.717, 1.165) is 11.5 Å². The number of hydrogen-bond acceptors (Lipinski definition) is 4. The first kappa shape index (κ1) is 16.0. The minimum atomic E-state index is -0.0513. The number of hydrogen-bond donors (Lipinski definition) is 1. The van der Waals surface area contributed by atoms with Crippen molar-refractivity contribution in [3.05, 3.63) is 24.3 Å². The average Bonchev–Trinajstić information content (AvgIpc) is 2.44. The molecule has 0 saturated carbocycles. The van der Waals surface area contributed by atoms with Gasteiger partial charge in [-0.05, 0) is 37.6 Å². The lowest BCUT2D eigenvalue weighted by Crippen LogP contribution is -2.25. The molecule has 5 heteroatoms. The van der Waals surface area contributed by atoms with Crippen molar-refractivity contribution in [3.63, 3.8) is 0 Å². The second-order valence-electron chi connectivity index (χ2n) is 4.43. The number of nitrogens with one attached hydrogen (secondary N) is 1. The van der Waals surface area contributed by atoms with Crippen LogP contribution >= 0.6 is 0 Å². The highest BCUT2D eigenvalue weighted by Crippen LogP contribution is 2.17. The Morgan fingerprint density at radius 1 is 1.10 bits per heavy atom. The van der Waals surface area contributed by atoms with Crippen LogP contribution in [-0.4, -0.2) is 32.0 Å². The van der Waals surface area contributed by atoms with E-state index in [2.05, 4.69) is 5.32 Å². The topological polar surface area (TPSA) is 64.6 Å². The lowest BCUT2D eigenvalue weighted by atomic mass is 10.3. The van der Waals surface area contributed by atoms with E-state index < -0.39 is 0 Å². The van der Waals surface area contributed by atoms with E-state index in [1.165, 1.54) is 6.92 Å². The van der Waals surface area contributed by atoms with Crippen molar-refractivity contribution < 1.29 is 19.1 Å². The maximum atomic E-state index is 11.4. The van der Waals surface area contributed by atoms with Crippen LogP contribution < -0.4 is 14.8 Å². The van der Waals surface area contributed by atoms with Crippen LogP contribution in [0.2, 0.25) is 0 Å². The summed E-state index contributed by atoms with van der Waals surface area (Å²) in [7, 11) is 1.61. The second-order valence-corrected chi connectivity index (χ2v) is 4.43. The van der Waals surface area contributed by atoms with E-state index in [0.29, 0.717) is 32.4 Å². The van der Waals surface area contributed by atoms with Crippen LogP contribution in [0.1, 0.15) is 26.2 Å². The monoisotopic (exact) mass is 279 g/mol. The first-order chi connectivity index (χ1) is 9.61. The summed E-state index contributed by atoms with van der Waals surface area (Å²) in [5, 5.41) is 2.70. The lowest BCUT2D eigenvalue weighted by Gasteiger charge is -2.07. The zero-order valence-electron chi connectivity index (χ0n) is 12.0. The molecule has 0 saturated heterocycles. The number of Topliss-reactive ketones (excluding diaryl/α,β-unsaturated/α-hetero) is 1. The van der Waals surface area contributed by atoms with Crippen LogP contribution in [0.25, 0.3) is 0 Å². The fourth-order valence-corrected chi connectivity index (χ4v) is 1.56. The highest BCUT2D eigenvalue weighted by atomic mass is 16.5. The summed E-state index contributed by atoms with van der Waals surface area (Å²) >= 11 is 0. The van der Waals surface area contributed by atoms with Crippen LogP contribution in [0.5, 0.6) is 11.5 Å². The van der Waals surface area contributed by atoms with Gasteiger partial charge in [-0.25, -0.2) is 0 Å². The molecule has 0 unspecified atom stereocenters. The molecule has 0 atom stereocenters. The molecule has 0 radical (unpaired) electrons. The zero-order valence-corrected chi connectivity index (χ0v) is 12.0. The minimum Gasteiger partial charge on any atom is -0.497 e. The molecule has 0 fully saturated rings. The maximum absolute atomic E-state index is 11.4. The van der Waals surface area contributed by atoms with Crippen molar-refractivity contribution in [2.75, 3.05) is 20.3 Å². The number of rotatable bonds is 9. The number of amides is 1. The first-order valence-electron chi connectivity index (χ1n) is 6.65. The van der Waals surface area contributed by atoms with Gasteiger partial charge in [0.05, 0.1) is 13.7 Å². The third-order valence-electron chi connectivity index (χ3n) is 2.68. The van der Waals surface area contributed by atoms with Gasteiger partial charge >= 0.3 is 0 Å². The number of carbonyl (C=O) groups excluding carboxylic acids is 2. The predicted octanol–water partition coefficient (Wildman–Crippen LogP) is 1.95. The van der Waals surface area contributed by atoms with Crippen molar-refractivity contribution in [2.24, 2.45) is 0 Å². The number of methoxy groups -OCH3 is 1. The van der Waals surface area contributed by atoms with Crippen LogP contribution in [0, 0.1) is 0 Å². The number of benzene rings is 1. The molecule has 0 aliphatic rings. The minimum absolute atomic E-state index is 0.0513. The largest absolute Gasteiger partial charge is 0.497 e. The molecule has 1 aromatic carbocycles. The van der Waals surface area contributed by atoms with E-state index >= 15 is 0 Å². The predicted molar refractivity (Wildman–Crippen MR) is 76.0 cm³/mol. The van der Waals surface area contributed by atoms with Crippen LogP contribution in [0.4, 0.5) is 0 Å². The van der Waals surface area contributed by atoms with E-state index in [1.807, 2.05) is 24.3 Å². The molecule has 1 N–H and O–H groups in total. The van der Waals surface area contributed by atoms with Gasteiger partial charge in [0.15, 0.2) is 0 Å².